The monoisotopic (exact) mass is 739 g/mol. The first kappa shape index (κ1) is 38.0. The predicted octanol–water partition coefficient (Wildman–Crippen LogP) is -2.94. The molecule has 2 aliphatic heterocycles. The van der Waals surface area contributed by atoms with Gasteiger partial charge in [0.05, 0.1) is 6.61 Å². The summed E-state index contributed by atoms with van der Waals surface area (Å²) in [4.78, 5) is 73.8. The smallest absolute Gasteiger partial charge is 0.352 e. The topological polar surface area (TPSA) is 334 Å². The SMILES string of the molecule is CC(C)(O/N=C(\C(=O)N[C@@H]1C(=O)N2C(C(=O)O)=C(C[n+]3cc(NC(=O)C(CCN)CCN)c(N)n3CCO)CS[C@H]12)c1nsc(N)n1)C(=O)O. The molecule has 0 radical (unpaired) electrons. The maximum absolute atomic E-state index is 13.4. The third kappa shape index (κ3) is 7.96. The highest BCUT2D eigenvalue weighted by atomic mass is 32.2. The highest BCUT2D eigenvalue weighted by molar-refractivity contribution is 8.00. The highest BCUT2D eigenvalue weighted by Crippen LogP contribution is 2.40. The number of fused-ring (bicyclic) bond motifs is 1. The van der Waals surface area contributed by atoms with Crippen LogP contribution in [0.5, 0.6) is 0 Å². The number of hydrogen-bond acceptors (Lipinski definition) is 16. The van der Waals surface area contributed by atoms with E-state index in [9.17, 15) is 39.3 Å². The van der Waals surface area contributed by atoms with E-state index in [-0.39, 0.29) is 72.6 Å². The number of aliphatic hydroxyl groups is 1. The molecule has 0 aromatic carbocycles. The molecule has 21 nitrogen and oxygen atoms in total. The lowest BCUT2D eigenvalue weighted by atomic mass is 10.0. The number of aliphatic hydroxyl groups excluding tert-OH is 1. The zero-order valence-electron chi connectivity index (χ0n) is 27.1. The normalized spacial score (nSPS) is 17.8. The number of anilines is 3. The van der Waals surface area contributed by atoms with Crippen LogP contribution in [0, 0.1) is 5.92 Å². The second kappa shape index (κ2) is 15.8. The van der Waals surface area contributed by atoms with Crippen LogP contribution in [-0.2, 0) is 41.9 Å². The van der Waals surface area contributed by atoms with E-state index in [1.165, 1.54) is 41.2 Å². The summed E-state index contributed by atoms with van der Waals surface area (Å²) < 4.78 is 6.92. The summed E-state index contributed by atoms with van der Waals surface area (Å²) in [6.07, 6.45) is 2.31. The lowest BCUT2D eigenvalue weighted by Crippen LogP contribution is -2.71. The van der Waals surface area contributed by atoms with Crippen molar-refractivity contribution in [2.24, 2.45) is 22.5 Å². The van der Waals surface area contributed by atoms with E-state index in [1.807, 2.05) is 0 Å². The Morgan fingerprint density at radius 3 is 2.44 bits per heavy atom. The van der Waals surface area contributed by atoms with Gasteiger partial charge in [-0.1, -0.05) is 5.16 Å². The molecule has 2 aromatic heterocycles. The number of β-lactam (4-membered cyclic amide) rings is 1. The van der Waals surface area contributed by atoms with E-state index >= 15 is 0 Å². The summed E-state index contributed by atoms with van der Waals surface area (Å²) in [6, 6.07) is -1.20. The van der Waals surface area contributed by atoms with Gasteiger partial charge in [0.15, 0.2) is 23.2 Å². The molecule has 1 fully saturated rings. The largest absolute Gasteiger partial charge is 0.478 e. The fourth-order valence-electron chi connectivity index (χ4n) is 5.10. The number of nitrogens with one attached hydrogen (secondary N) is 2. The van der Waals surface area contributed by atoms with Gasteiger partial charge in [-0.05, 0) is 39.8 Å². The maximum atomic E-state index is 13.4. The van der Waals surface area contributed by atoms with Gasteiger partial charge >= 0.3 is 11.9 Å². The van der Waals surface area contributed by atoms with E-state index in [4.69, 9.17) is 27.8 Å². The molecule has 0 unspecified atom stereocenters. The Labute approximate surface area is 292 Å². The molecular formula is C27H39N12O9S2+. The number of carbonyl (C=O) groups is 5. The molecule has 4 rings (SSSR count). The molecule has 4 heterocycles. The lowest BCUT2D eigenvalue weighted by molar-refractivity contribution is -0.767. The highest BCUT2D eigenvalue weighted by Gasteiger charge is 2.55. The second-order valence-corrected chi connectivity index (χ2v) is 13.5. The molecule has 0 aliphatic carbocycles. The zero-order valence-corrected chi connectivity index (χ0v) is 28.7. The van der Waals surface area contributed by atoms with Gasteiger partial charge < -0.3 is 53.7 Å². The molecule has 3 amide bonds. The van der Waals surface area contributed by atoms with E-state index in [0.29, 0.717) is 18.4 Å². The molecule has 2 aromatic rings. The fourth-order valence-corrected chi connectivity index (χ4v) is 6.87. The minimum Gasteiger partial charge on any atom is -0.478 e. The summed E-state index contributed by atoms with van der Waals surface area (Å²) >= 11 is 1.92. The number of hydrogen-bond donors (Lipinski definition) is 9. The van der Waals surface area contributed by atoms with E-state index < -0.39 is 52.4 Å². The third-order valence-corrected chi connectivity index (χ3v) is 9.63. The Balaban J connectivity index is 1.58. The second-order valence-electron chi connectivity index (χ2n) is 11.6. The average molecular weight is 740 g/mol. The average Bonchev–Trinajstić information content (AvgIpc) is 3.61. The first-order valence-electron chi connectivity index (χ1n) is 15.2. The maximum Gasteiger partial charge on any atom is 0.352 e. The van der Waals surface area contributed by atoms with Crippen molar-refractivity contribution < 1.29 is 48.8 Å². The number of nitrogens with two attached hydrogens (primary N) is 4. The molecule has 0 saturated carbocycles. The van der Waals surface area contributed by atoms with Crippen LogP contribution in [0.25, 0.3) is 0 Å². The third-order valence-electron chi connectivity index (χ3n) is 7.75. The standard InChI is InChI=1S/C27H38N12O9S2/c1-27(2,25(46)47)48-35-15(19-34-26(31)50-36-19)21(42)33-16-22(43)39-17(24(44)45)13(11-49-23(16)39)9-37-10-14(18(30)38(37)7-8-40)32-20(41)12(3-5-28)4-6-29/h10,12,16,23,30,40H,3-9,11,28-29H2,1-2H3,(H6,31,32,33,34,36,41,42,44,45,46,47)/p+1/b35-15-/t16-,23-/m1/s1. The van der Waals surface area contributed by atoms with Crippen molar-refractivity contribution in [3.8, 4) is 0 Å². The number of carbonyl (C=O) groups excluding carboxylic acids is 3. The first-order chi connectivity index (χ1) is 23.6. The number of aliphatic carboxylic acids is 2. The van der Waals surface area contributed by atoms with Gasteiger partial charge in [0.2, 0.25) is 29.2 Å². The van der Waals surface area contributed by atoms with Crippen LogP contribution in [0.3, 0.4) is 0 Å². The van der Waals surface area contributed by atoms with Gasteiger partial charge in [-0.15, -0.1) is 21.1 Å². The predicted molar refractivity (Wildman–Crippen MR) is 179 cm³/mol. The number of carboxylic acid groups (broad SMARTS) is 2. The summed E-state index contributed by atoms with van der Waals surface area (Å²) in [7, 11) is 0. The van der Waals surface area contributed by atoms with E-state index in [0.717, 1.165) is 16.4 Å². The van der Waals surface area contributed by atoms with Gasteiger partial charge in [0.25, 0.3) is 11.8 Å². The molecule has 272 valence electrons. The van der Waals surface area contributed by atoms with Crippen molar-refractivity contribution in [1.29, 1.82) is 0 Å². The Bertz CT molecular complexity index is 1720. The van der Waals surface area contributed by atoms with Gasteiger partial charge in [0.1, 0.15) is 23.7 Å². The molecule has 1 saturated heterocycles. The van der Waals surface area contributed by atoms with Crippen LogP contribution in [0.4, 0.5) is 16.6 Å². The molecule has 0 bridgehead atoms. The van der Waals surface area contributed by atoms with Crippen LogP contribution in [0.1, 0.15) is 32.5 Å². The van der Waals surface area contributed by atoms with Gasteiger partial charge in [-0.25, -0.2) is 9.59 Å². The number of carboxylic acids is 2. The van der Waals surface area contributed by atoms with Crippen molar-refractivity contribution in [1.82, 2.24) is 24.3 Å². The van der Waals surface area contributed by atoms with Gasteiger partial charge in [-0.2, -0.15) is 9.36 Å². The van der Waals surface area contributed by atoms with Crippen molar-refractivity contribution in [2.45, 2.75) is 56.8 Å². The van der Waals surface area contributed by atoms with Crippen molar-refractivity contribution in [2.75, 3.05) is 42.2 Å². The molecule has 13 N–H and O–H groups in total. The first-order valence-corrected chi connectivity index (χ1v) is 17.0. The Morgan fingerprint density at radius 2 is 1.88 bits per heavy atom. The van der Waals surface area contributed by atoms with Gasteiger partial charge in [-0.3, -0.25) is 19.3 Å². The summed E-state index contributed by atoms with van der Waals surface area (Å²) in [5.74, 6) is -5.36. The zero-order chi connectivity index (χ0) is 36.9. The van der Waals surface area contributed by atoms with Crippen LogP contribution in [0.2, 0.25) is 0 Å². The van der Waals surface area contributed by atoms with E-state index in [2.05, 4.69) is 25.1 Å². The van der Waals surface area contributed by atoms with Crippen LogP contribution in [0.15, 0.2) is 22.6 Å². The van der Waals surface area contributed by atoms with Crippen LogP contribution in [-0.4, -0.2) is 112 Å². The summed E-state index contributed by atoms with van der Waals surface area (Å²) in [6.45, 7) is 2.55. The fraction of sp³-hybridized carbons (Fsp3) is 0.519. The molecule has 23 heteroatoms. The molecule has 2 aliphatic rings. The van der Waals surface area contributed by atoms with Crippen molar-refractivity contribution in [3.63, 3.8) is 0 Å². The summed E-state index contributed by atoms with van der Waals surface area (Å²) in [5, 5.41) is 37.4. The number of amides is 3. The number of aromatic nitrogens is 4. The van der Waals surface area contributed by atoms with E-state index in [1.54, 1.807) is 0 Å². The van der Waals surface area contributed by atoms with Gasteiger partial charge in [0, 0.05) is 28.8 Å². The quantitative estimate of drug-likeness (QED) is 0.0339. The Kier molecular flexibility index (Phi) is 12.0. The molecule has 2 atom stereocenters. The molecular weight excluding hydrogens is 701 g/mol. The summed E-state index contributed by atoms with van der Waals surface area (Å²) in [5.41, 5.74) is 21.1. The Hall–Kier alpha value is -4.84. The minimum absolute atomic E-state index is 0.00960. The number of nitrogen functional groups attached to an aromatic ring is 2. The molecule has 0 spiro atoms. The number of rotatable bonds is 17. The minimum atomic E-state index is -1.84. The Morgan fingerprint density at radius 1 is 1.20 bits per heavy atom. The van der Waals surface area contributed by atoms with Crippen molar-refractivity contribution in [3.05, 3.63) is 23.3 Å². The molecule has 50 heavy (non-hydrogen) atoms. The number of nitrogens with zero attached hydrogens (tertiary/aromatic N) is 6. The van der Waals surface area contributed by atoms with Crippen LogP contribution >= 0.6 is 23.3 Å². The number of oxime groups is 1. The lowest BCUT2D eigenvalue weighted by Gasteiger charge is -2.49. The van der Waals surface area contributed by atoms with Crippen molar-refractivity contribution >= 4 is 75.3 Å². The number of thioether (sulfide) groups is 1. The van der Waals surface area contributed by atoms with Crippen LogP contribution < -0.4 is 38.3 Å².